The highest BCUT2D eigenvalue weighted by atomic mass is 16.8. The van der Waals surface area contributed by atoms with Crippen LogP contribution in [0.25, 0.3) is 0 Å². The van der Waals surface area contributed by atoms with Crippen molar-refractivity contribution in [2.24, 2.45) is 0 Å². The molecule has 0 fully saturated rings. The fraction of sp³-hybridized carbons (Fsp3) is 0.800. The molecule has 0 amide bonds. The topological polar surface area (TPSA) is 64.6 Å². The molecule has 0 saturated carbocycles. The average molecular weight is 391 g/mol. The van der Waals surface area contributed by atoms with Crippen LogP contribution in [-0.2, 0) is 33.2 Å². The van der Waals surface area contributed by atoms with Gasteiger partial charge in [0.2, 0.25) is 12.6 Å². The lowest BCUT2D eigenvalue weighted by molar-refractivity contribution is -0.237. The summed E-state index contributed by atoms with van der Waals surface area (Å²) in [6.45, 7) is 8.75. The smallest absolute Gasteiger partial charge is 0.223 e. The Morgan fingerprint density at radius 1 is 0.593 bits per heavy atom. The minimum atomic E-state index is -0.803. The summed E-state index contributed by atoms with van der Waals surface area (Å²) in [6.07, 6.45) is 1.61. The van der Waals surface area contributed by atoms with Crippen molar-refractivity contribution in [3.05, 3.63) is 23.0 Å². The maximum atomic E-state index is 6.13. The molecule has 2 atom stereocenters. The minimum absolute atomic E-state index is 0.428. The maximum absolute atomic E-state index is 6.13. The zero-order valence-corrected chi connectivity index (χ0v) is 18.3. The lowest BCUT2D eigenvalue weighted by Gasteiger charge is -2.28. The molecule has 0 heterocycles. The van der Waals surface area contributed by atoms with E-state index >= 15 is 0 Å². The lowest BCUT2D eigenvalue weighted by atomic mass is 10.2. The zero-order valence-electron chi connectivity index (χ0n) is 18.3. The van der Waals surface area contributed by atoms with E-state index in [9.17, 15) is 0 Å². The quantitative estimate of drug-likeness (QED) is 0.287. The maximum Gasteiger partial charge on any atom is 0.223 e. The minimum Gasteiger partial charge on any atom is -0.497 e. The second-order valence-corrected chi connectivity index (χ2v) is 5.60. The van der Waals surface area contributed by atoms with E-state index in [0.717, 1.165) is 12.8 Å². The number of hydrogen-bond donors (Lipinski definition) is 0. The van der Waals surface area contributed by atoms with Crippen LogP contribution in [0.5, 0.6) is 0 Å². The lowest BCUT2D eigenvalue weighted by Crippen LogP contribution is -2.32. The van der Waals surface area contributed by atoms with Crippen LogP contribution < -0.4 is 0 Å². The molecule has 7 heteroatoms. The predicted octanol–water partition coefficient (Wildman–Crippen LogP) is 4.34. The molecule has 0 radical (unpaired) electrons. The summed E-state index contributed by atoms with van der Waals surface area (Å²) in [5, 5.41) is 0. The first-order chi connectivity index (χ1) is 13.1. The van der Waals surface area contributed by atoms with E-state index < -0.39 is 12.6 Å². The Kier molecular flexibility index (Phi) is 14.8. The van der Waals surface area contributed by atoms with E-state index in [-0.39, 0.29) is 0 Å². The van der Waals surface area contributed by atoms with Crippen LogP contribution in [0.1, 0.15) is 53.4 Å². The van der Waals surface area contributed by atoms with Crippen LogP contribution in [0.15, 0.2) is 23.0 Å². The van der Waals surface area contributed by atoms with Gasteiger partial charge < -0.3 is 33.2 Å². The molecule has 0 spiro atoms. The molecule has 0 aliphatic carbocycles. The van der Waals surface area contributed by atoms with Crippen LogP contribution in [0.3, 0.4) is 0 Å². The van der Waals surface area contributed by atoms with Gasteiger partial charge in [-0.05, 0) is 26.7 Å². The molecule has 7 nitrogen and oxygen atoms in total. The highest BCUT2D eigenvalue weighted by molar-refractivity contribution is 5.08. The Bertz CT molecular complexity index is 406. The van der Waals surface area contributed by atoms with E-state index in [1.165, 1.54) is 0 Å². The van der Waals surface area contributed by atoms with Gasteiger partial charge in [0.15, 0.2) is 11.5 Å². The highest BCUT2D eigenvalue weighted by Gasteiger charge is 2.30. The van der Waals surface area contributed by atoms with Crippen molar-refractivity contribution < 1.29 is 33.2 Å². The van der Waals surface area contributed by atoms with Gasteiger partial charge in [0.1, 0.15) is 11.5 Å². The molecule has 0 aliphatic heterocycles. The molecule has 0 aliphatic rings. The first-order valence-corrected chi connectivity index (χ1v) is 9.58. The molecular formula is C20H38O7. The zero-order chi connectivity index (χ0) is 20.7. The first kappa shape index (κ1) is 25.6. The monoisotopic (exact) mass is 390 g/mol. The molecule has 160 valence electrons. The van der Waals surface area contributed by atoms with Gasteiger partial charge in [-0.3, -0.25) is 0 Å². The summed E-state index contributed by atoms with van der Waals surface area (Å²) < 4.78 is 39.8. The summed E-state index contributed by atoms with van der Waals surface area (Å²) in [5.41, 5.74) is 0. The van der Waals surface area contributed by atoms with Crippen LogP contribution in [0, 0.1) is 0 Å². The number of allylic oxidation sites excluding steroid dienone is 2. The summed E-state index contributed by atoms with van der Waals surface area (Å²) in [6, 6.07) is 0. The van der Waals surface area contributed by atoms with Crippen LogP contribution >= 0.6 is 0 Å². The van der Waals surface area contributed by atoms with Crippen LogP contribution in [0.2, 0.25) is 0 Å². The fourth-order valence-corrected chi connectivity index (χ4v) is 2.56. The number of ether oxygens (including phenoxy) is 7. The summed E-state index contributed by atoms with van der Waals surface area (Å²) in [7, 11) is 6.36. The number of rotatable bonds is 16. The second kappa shape index (κ2) is 15.6. The Morgan fingerprint density at radius 2 is 0.963 bits per heavy atom. The molecular weight excluding hydrogens is 352 g/mol. The predicted molar refractivity (Wildman–Crippen MR) is 104 cm³/mol. The van der Waals surface area contributed by atoms with Gasteiger partial charge in [-0.25, -0.2) is 0 Å². The molecule has 0 aromatic rings. The van der Waals surface area contributed by atoms with Crippen molar-refractivity contribution >= 4 is 0 Å². The first-order valence-electron chi connectivity index (χ1n) is 9.58. The number of methoxy groups -OCH3 is 4. The number of hydrogen-bond acceptors (Lipinski definition) is 7. The fourth-order valence-electron chi connectivity index (χ4n) is 2.56. The van der Waals surface area contributed by atoms with E-state index in [4.69, 9.17) is 33.2 Å². The van der Waals surface area contributed by atoms with E-state index in [2.05, 4.69) is 13.8 Å². The molecule has 0 bridgehead atoms. The second-order valence-electron chi connectivity index (χ2n) is 5.60. The van der Waals surface area contributed by atoms with Gasteiger partial charge in [-0.2, -0.15) is 0 Å². The van der Waals surface area contributed by atoms with Gasteiger partial charge in [0.25, 0.3) is 0 Å². The van der Waals surface area contributed by atoms with Crippen LogP contribution in [0.4, 0.5) is 0 Å². The summed E-state index contributed by atoms with van der Waals surface area (Å²) >= 11 is 0. The Morgan fingerprint density at radius 3 is 1.19 bits per heavy atom. The third-order valence-corrected chi connectivity index (χ3v) is 3.75. The summed E-state index contributed by atoms with van der Waals surface area (Å²) in [5.74, 6) is 2.32. The molecule has 0 aromatic carbocycles. The average Bonchev–Trinajstić information content (AvgIpc) is 2.67. The Hall–Kier alpha value is -1.44. The van der Waals surface area contributed by atoms with Crippen molar-refractivity contribution in [2.45, 2.75) is 66.0 Å². The van der Waals surface area contributed by atoms with E-state index in [1.807, 2.05) is 13.8 Å². The normalized spacial score (nSPS) is 15.4. The van der Waals surface area contributed by atoms with Crippen molar-refractivity contribution in [1.29, 1.82) is 0 Å². The van der Waals surface area contributed by atoms with Crippen molar-refractivity contribution in [3.63, 3.8) is 0 Å². The Balaban J connectivity index is 5.91. The van der Waals surface area contributed by atoms with Gasteiger partial charge in [-0.1, -0.05) is 13.8 Å². The third kappa shape index (κ3) is 8.41. The molecule has 2 unspecified atom stereocenters. The molecule has 0 aromatic heterocycles. The molecule has 0 saturated heterocycles. The molecule has 0 rings (SSSR count). The van der Waals surface area contributed by atoms with Crippen molar-refractivity contribution in [2.75, 3.05) is 41.7 Å². The van der Waals surface area contributed by atoms with E-state index in [0.29, 0.717) is 49.1 Å². The van der Waals surface area contributed by atoms with Crippen molar-refractivity contribution in [3.8, 4) is 0 Å². The third-order valence-electron chi connectivity index (χ3n) is 3.75. The largest absolute Gasteiger partial charge is 0.497 e. The van der Waals surface area contributed by atoms with Gasteiger partial charge in [0.05, 0.1) is 28.4 Å². The van der Waals surface area contributed by atoms with E-state index in [1.54, 1.807) is 28.4 Å². The standard InChI is InChI=1S/C20H38O7/c1-9-13-15(21-5)17(23-7)19(25-11-3)27-20(26-12-4)18(24-8)16(22-6)14-10-2/h19-20H,9-14H2,1-8H3. The van der Waals surface area contributed by atoms with Crippen molar-refractivity contribution in [1.82, 2.24) is 0 Å². The molecule has 0 N–H and O–H groups in total. The van der Waals surface area contributed by atoms with Gasteiger partial charge in [0, 0.05) is 26.1 Å². The van der Waals surface area contributed by atoms with Crippen LogP contribution in [-0.4, -0.2) is 54.2 Å². The SMILES string of the molecule is CCCC(OC)=C(OC)C(OCC)OC(OCC)C(OC)=C(CCC)OC. The molecule has 27 heavy (non-hydrogen) atoms. The van der Waals surface area contributed by atoms with Gasteiger partial charge >= 0.3 is 0 Å². The van der Waals surface area contributed by atoms with Gasteiger partial charge in [-0.15, -0.1) is 0 Å². The highest BCUT2D eigenvalue weighted by Crippen LogP contribution is 2.25. The Labute approximate surface area is 164 Å². The summed E-state index contributed by atoms with van der Waals surface area (Å²) in [4.78, 5) is 0.